The van der Waals surface area contributed by atoms with E-state index in [1.54, 1.807) is 6.92 Å². The maximum absolute atomic E-state index is 9.04. The van der Waals surface area contributed by atoms with Crippen LogP contribution in [0.1, 0.15) is 13.3 Å². The zero-order valence-electron chi connectivity index (χ0n) is 6.79. The van der Waals surface area contributed by atoms with E-state index in [2.05, 4.69) is 6.58 Å². The Hall–Kier alpha value is -0.600. The first-order valence-electron chi connectivity index (χ1n) is 3.84. The Morgan fingerprint density at radius 1 is 1.91 bits per heavy atom. The summed E-state index contributed by atoms with van der Waals surface area (Å²) in [7, 11) is 0. The SMILES string of the molecule is C=C(CC=CC1CO1)C(C)O. The second kappa shape index (κ2) is 3.69. The quantitative estimate of drug-likeness (QED) is 0.488. The van der Waals surface area contributed by atoms with Crippen molar-refractivity contribution >= 4 is 0 Å². The van der Waals surface area contributed by atoms with E-state index in [1.165, 1.54) is 0 Å². The lowest BCUT2D eigenvalue weighted by molar-refractivity contribution is 0.229. The smallest absolute Gasteiger partial charge is 0.0991 e. The van der Waals surface area contributed by atoms with Crippen molar-refractivity contribution in [3.05, 3.63) is 24.3 Å². The summed E-state index contributed by atoms with van der Waals surface area (Å²) in [6.07, 6.45) is 4.68. The molecule has 0 bridgehead atoms. The van der Waals surface area contributed by atoms with Crippen LogP contribution in [0.15, 0.2) is 24.3 Å². The normalized spacial score (nSPS) is 25.5. The summed E-state index contributed by atoms with van der Waals surface area (Å²) in [6, 6.07) is 0. The van der Waals surface area contributed by atoms with E-state index in [-0.39, 0.29) is 0 Å². The van der Waals surface area contributed by atoms with Crippen molar-refractivity contribution < 1.29 is 9.84 Å². The molecule has 0 aliphatic carbocycles. The van der Waals surface area contributed by atoms with Crippen molar-refractivity contribution in [2.75, 3.05) is 6.61 Å². The molecule has 0 aromatic carbocycles. The number of aliphatic hydroxyl groups is 1. The number of allylic oxidation sites excluding steroid dienone is 1. The number of rotatable bonds is 4. The minimum absolute atomic E-state index is 0.330. The standard InChI is InChI=1S/C9H14O2/c1-7(8(2)10)4-3-5-9-6-11-9/h3,5,8-10H,1,4,6H2,2H3. The Morgan fingerprint density at radius 3 is 3.00 bits per heavy atom. The van der Waals surface area contributed by atoms with Crippen molar-refractivity contribution in [2.45, 2.75) is 25.6 Å². The van der Waals surface area contributed by atoms with E-state index in [4.69, 9.17) is 9.84 Å². The van der Waals surface area contributed by atoms with Crippen LogP contribution >= 0.6 is 0 Å². The molecule has 2 atom stereocenters. The van der Waals surface area contributed by atoms with Crippen molar-refractivity contribution in [1.29, 1.82) is 0 Å². The van der Waals surface area contributed by atoms with E-state index >= 15 is 0 Å². The van der Waals surface area contributed by atoms with E-state index in [9.17, 15) is 0 Å². The van der Waals surface area contributed by atoms with Crippen molar-refractivity contribution in [1.82, 2.24) is 0 Å². The van der Waals surface area contributed by atoms with Crippen LogP contribution in [0.5, 0.6) is 0 Å². The Morgan fingerprint density at radius 2 is 2.55 bits per heavy atom. The van der Waals surface area contributed by atoms with Gasteiger partial charge in [0.05, 0.1) is 18.8 Å². The van der Waals surface area contributed by atoms with Crippen LogP contribution in [0.3, 0.4) is 0 Å². The molecule has 0 radical (unpaired) electrons. The van der Waals surface area contributed by atoms with Crippen LogP contribution in [-0.2, 0) is 4.74 Å². The average molecular weight is 154 g/mol. The summed E-state index contributed by atoms with van der Waals surface area (Å²) in [6.45, 7) is 6.30. The van der Waals surface area contributed by atoms with Gasteiger partial charge in [0.25, 0.3) is 0 Å². The first-order valence-corrected chi connectivity index (χ1v) is 3.84. The fraction of sp³-hybridized carbons (Fsp3) is 0.556. The number of hydrogen-bond donors (Lipinski definition) is 1. The highest BCUT2D eigenvalue weighted by Crippen LogP contribution is 2.12. The van der Waals surface area contributed by atoms with Gasteiger partial charge < -0.3 is 9.84 Å². The van der Waals surface area contributed by atoms with Crippen LogP contribution in [0.25, 0.3) is 0 Å². The number of aliphatic hydroxyl groups excluding tert-OH is 1. The monoisotopic (exact) mass is 154 g/mol. The first-order chi connectivity index (χ1) is 5.20. The number of hydrogen-bond acceptors (Lipinski definition) is 2. The fourth-order valence-electron chi connectivity index (χ4n) is 0.708. The van der Waals surface area contributed by atoms with Crippen LogP contribution in [0.2, 0.25) is 0 Å². The molecule has 0 spiro atoms. The van der Waals surface area contributed by atoms with Gasteiger partial charge in [0.1, 0.15) is 0 Å². The average Bonchev–Trinajstić information content (AvgIpc) is 2.71. The molecule has 2 unspecified atom stereocenters. The minimum atomic E-state index is -0.403. The van der Waals surface area contributed by atoms with Gasteiger partial charge in [-0.15, -0.1) is 0 Å². The molecule has 2 heteroatoms. The highest BCUT2D eigenvalue weighted by Gasteiger charge is 2.17. The highest BCUT2D eigenvalue weighted by atomic mass is 16.6. The Balaban J connectivity index is 2.14. The Kier molecular flexibility index (Phi) is 2.85. The molecule has 1 rings (SSSR count). The Labute approximate surface area is 67.2 Å². The van der Waals surface area contributed by atoms with E-state index < -0.39 is 6.10 Å². The topological polar surface area (TPSA) is 32.8 Å². The summed E-state index contributed by atoms with van der Waals surface area (Å²) < 4.78 is 4.97. The third-order valence-electron chi connectivity index (χ3n) is 1.68. The Bertz CT molecular complexity index is 166. The summed E-state index contributed by atoms with van der Waals surface area (Å²) in [5.41, 5.74) is 0.849. The molecule has 1 heterocycles. The van der Waals surface area contributed by atoms with Crippen LogP contribution in [-0.4, -0.2) is 23.9 Å². The molecule has 1 N–H and O–H groups in total. The highest BCUT2D eigenvalue weighted by molar-refractivity contribution is 5.08. The van der Waals surface area contributed by atoms with Gasteiger partial charge in [-0.05, 0) is 18.9 Å². The largest absolute Gasteiger partial charge is 0.389 e. The molecule has 0 saturated carbocycles. The van der Waals surface area contributed by atoms with Crippen molar-refractivity contribution in [3.8, 4) is 0 Å². The van der Waals surface area contributed by atoms with E-state index in [0.717, 1.165) is 18.6 Å². The van der Waals surface area contributed by atoms with Gasteiger partial charge in [-0.1, -0.05) is 18.7 Å². The molecule has 2 nitrogen and oxygen atoms in total. The van der Waals surface area contributed by atoms with Gasteiger partial charge in [0.2, 0.25) is 0 Å². The minimum Gasteiger partial charge on any atom is -0.389 e. The summed E-state index contributed by atoms with van der Waals surface area (Å²) in [5, 5.41) is 9.04. The molecule has 1 fully saturated rings. The van der Waals surface area contributed by atoms with Gasteiger partial charge >= 0.3 is 0 Å². The van der Waals surface area contributed by atoms with Crippen LogP contribution in [0.4, 0.5) is 0 Å². The molecule has 0 aromatic rings. The van der Waals surface area contributed by atoms with E-state index in [0.29, 0.717) is 6.10 Å². The third kappa shape index (κ3) is 3.35. The summed E-state index contributed by atoms with van der Waals surface area (Å²) in [4.78, 5) is 0. The van der Waals surface area contributed by atoms with Gasteiger partial charge in [0.15, 0.2) is 0 Å². The van der Waals surface area contributed by atoms with Crippen molar-refractivity contribution in [2.24, 2.45) is 0 Å². The summed E-state index contributed by atoms with van der Waals surface area (Å²) in [5.74, 6) is 0. The van der Waals surface area contributed by atoms with Crippen molar-refractivity contribution in [3.63, 3.8) is 0 Å². The zero-order chi connectivity index (χ0) is 8.27. The molecular formula is C9H14O2. The maximum atomic E-state index is 9.04. The van der Waals surface area contributed by atoms with Gasteiger partial charge in [0, 0.05) is 0 Å². The molecule has 0 amide bonds. The third-order valence-corrected chi connectivity index (χ3v) is 1.68. The lowest BCUT2D eigenvalue weighted by Crippen LogP contribution is -2.01. The van der Waals surface area contributed by atoms with E-state index in [1.807, 2.05) is 12.2 Å². The molecule has 1 aliphatic heterocycles. The molecule has 62 valence electrons. The lowest BCUT2D eigenvalue weighted by Gasteiger charge is -2.03. The molecule has 1 aliphatic rings. The second-order valence-electron chi connectivity index (χ2n) is 2.84. The molecule has 11 heavy (non-hydrogen) atoms. The van der Waals surface area contributed by atoms with Crippen LogP contribution in [0, 0.1) is 0 Å². The fourth-order valence-corrected chi connectivity index (χ4v) is 0.708. The maximum Gasteiger partial charge on any atom is 0.0991 e. The predicted molar refractivity (Wildman–Crippen MR) is 44.3 cm³/mol. The molecular weight excluding hydrogens is 140 g/mol. The van der Waals surface area contributed by atoms with Gasteiger partial charge in [-0.2, -0.15) is 0 Å². The summed E-state index contributed by atoms with van der Waals surface area (Å²) >= 11 is 0. The first kappa shape index (κ1) is 8.50. The predicted octanol–water partition coefficient (Wildman–Crippen LogP) is 1.27. The molecule has 0 aromatic heterocycles. The number of ether oxygens (including phenoxy) is 1. The zero-order valence-corrected chi connectivity index (χ0v) is 6.79. The number of epoxide rings is 1. The lowest BCUT2D eigenvalue weighted by atomic mass is 10.1. The van der Waals surface area contributed by atoms with Gasteiger partial charge in [-0.3, -0.25) is 0 Å². The van der Waals surface area contributed by atoms with Crippen LogP contribution < -0.4 is 0 Å². The second-order valence-corrected chi connectivity index (χ2v) is 2.84. The van der Waals surface area contributed by atoms with Gasteiger partial charge in [-0.25, -0.2) is 0 Å². The molecule has 1 saturated heterocycles.